The number of pyridine rings is 1. The van der Waals surface area contributed by atoms with Gasteiger partial charge >= 0.3 is 0 Å². The van der Waals surface area contributed by atoms with Gasteiger partial charge in [-0.3, -0.25) is 9.78 Å². The summed E-state index contributed by atoms with van der Waals surface area (Å²) in [5, 5.41) is 4.20. The first-order valence-corrected chi connectivity index (χ1v) is 9.40. The predicted molar refractivity (Wildman–Crippen MR) is 97.5 cm³/mol. The molecule has 4 aliphatic rings. The minimum atomic E-state index is -0.136. The van der Waals surface area contributed by atoms with Crippen LogP contribution in [0.25, 0.3) is 10.9 Å². The van der Waals surface area contributed by atoms with Crippen LogP contribution in [0.1, 0.15) is 38.5 Å². The third-order valence-electron chi connectivity index (χ3n) is 6.72. The molecule has 0 spiro atoms. The van der Waals surface area contributed by atoms with Crippen LogP contribution in [0, 0.1) is 23.2 Å². The fraction of sp³-hybridized carbons (Fsp3) is 0.524. The van der Waals surface area contributed by atoms with Gasteiger partial charge in [-0.25, -0.2) is 0 Å². The molecule has 1 heterocycles. The van der Waals surface area contributed by atoms with Gasteiger partial charge in [-0.2, -0.15) is 0 Å². The molecule has 2 aromatic rings. The maximum absolute atomic E-state index is 13.3. The summed E-state index contributed by atoms with van der Waals surface area (Å²) in [7, 11) is 1.65. The molecule has 1 aromatic carbocycles. The number of benzene rings is 1. The van der Waals surface area contributed by atoms with Crippen LogP contribution in [-0.2, 0) is 4.79 Å². The number of hydrogen-bond donors (Lipinski definition) is 1. The van der Waals surface area contributed by atoms with Crippen LogP contribution in [0.4, 0.5) is 5.69 Å². The van der Waals surface area contributed by atoms with E-state index in [1.807, 2.05) is 24.3 Å². The van der Waals surface area contributed by atoms with Crippen LogP contribution >= 0.6 is 0 Å². The summed E-state index contributed by atoms with van der Waals surface area (Å²) >= 11 is 0. The Morgan fingerprint density at radius 2 is 1.80 bits per heavy atom. The summed E-state index contributed by atoms with van der Waals surface area (Å²) in [5.41, 5.74) is 1.52. The first-order valence-electron chi connectivity index (χ1n) is 9.40. The molecule has 4 bridgehead atoms. The molecule has 4 aliphatic carbocycles. The van der Waals surface area contributed by atoms with E-state index in [9.17, 15) is 4.79 Å². The molecule has 4 fully saturated rings. The standard InChI is InChI=1S/C21H24N2O2/c1-25-18-5-4-17(16-3-2-6-22-19(16)18)23-20(24)21-10-13-7-14(11-21)9-15(8-13)12-21/h2-6,13-15H,7-12H2,1H3,(H,23,24). The number of amides is 1. The average Bonchev–Trinajstić information content (AvgIpc) is 2.61. The lowest BCUT2D eigenvalue weighted by molar-refractivity contribution is -0.140. The smallest absolute Gasteiger partial charge is 0.230 e. The van der Waals surface area contributed by atoms with Gasteiger partial charge < -0.3 is 10.1 Å². The van der Waals surface area contributed by atoms with Gasteiger partial charge in [0, 0.05) is 11.6 Å². The number of fused-ring (bicyclic) bond motifs is 1. The lowest BCUT2D eigenvalue weighted by Crippen LogP contribution is -2.51. The largest absolute Gasteiger partial charge is 0.494 e. The number of aromatic nitrogens is 1. The van der Waals surface area contributed by atoms with Crippen molar-refractivity contribution in [3.8, 4) is 5.75 Å². The fourth-order valence-corrected chi connectivity index (χ4v) is 6.06. The summed E-state index contributed by atoms with van der Waals surface area (Å²) in [5.74, 6) is 3.27. The molecular weight excluding hydrogens is 312 g/mol. The first kappa shape index (κ1) is 15.2. The highest BCUT2D eigenvalue weighted by atomic mass is 16.5. The van der Waals surface area contributed by atoms with Crippen molar-refractivity contribution in [2.45, 2.75) is 38.5 Å². The Morgan fingerprint density at radius 3 is 2.44 bits per heavy atom. The molecule has 0 radical (unpaired) electrons. The van der Waals surface area contributed by atoms with Crippen molar-refractivity contribution in [3.05, 3.63) is 30.5 Å². The van der Waals surface area contributed by atoms with Crippen molar-refractivity contribution >= 4 is 22.5 Å². The highest BCUT2D eigenvalue weighted by molar-refractivity contribution is 6.04. The Hall–Kier alpha value is -2.10. The molecule has 1 aromatic heterocycles. The van der Waals surface area contributed by atoms with Crippen LogP contribution in [0.15, 0.2) is 30.5 Å². The van der Waals surface area contributed by atoms with E-state index >= 15 is 0 Å². The predicted octanol–water partition coefficient (Wildman–Crippen LogP) is 4.40. The molecule has 4 heteroatoms. The highest BCUT2D eigenvalue weighted by Gasteiger charge is 2.54. The normalized spacial score (nSPS) is 32.8. The molecule has 0 saturated heterocycles. The molecule has 1 N–H and O–H groups in total. The minimum absolute atomic E-state index is 0.136. The molecule has 130 valence electrons. The third kappa shape index (κ3) is 2.34. The van der Waals surface area contributed by atoms with Crippen molar-refractivity contribution < 1.29 is 9.53 Å². The lowest BCUT2D eigenvalue weighted by Gasteiger charge is -2.55. The molecule has 4 saturated carbocycles. The Morgan fingerprint density at radius 1 is 1.12 bits per heavy atom. The van der Waals surface area contributed by atoms with Gasteiger partial charge in [0.15, 0.2) is 0 Å². The molecular formula is C21H24N2O2. The zero-order chi connectivity index (χ0) is 17.0. The molecule has 6 rings (SSSR count). The number of hydrogen-bond acceptors (Lipinski definition) is 3. The monoisotopic (exact) mass is 336 g/mol. The van der Waals surface area contributed by atoms with Crippen molar-refractivity contribution in [1.82, 2.24) is 4.98 Å². The average molecular weight is 336 g/mol. The second-order valence-electron chi connectivity index (χ2n) is 8.37. The quantitative estimate of drug-likeness (QED) is 0.904. The number of nitrogens with one attached hydrogen (secondary N) is 1. The van der Waals surface area contributed by atoms with Gasteiger partial charge in [0.2, 0.25) is 5.91 Å². The molecule has 1 amide bonds. The number of carbonyl (C=O) groups is 1. The van der Waals surface area contributed by atoms with E-state index in [1.54, 1.807) is 13.3 Å². The van der Waals surface area contributed by atoms with Crippen molar-refractivity contribution in [2.24, 2.45) is 23.2 Å². The van der Waals surface area contributed by atoms with Crippen LogP contribution < -0.4 is 10.1 Å². The second-order valence-corrected chi connectivity index (χ2v) is 8.37. The summed E-state index contributed by atoms with van der Waals surface area (Å²) in [6.45, 7) is 0. The van der Waals surface area contributed by atoms with Gasteiger partial charge in [-0.15, -0.1) is 0 Å². The van der Waals surface area contributed by atoms with E-state index in [0.29, 0.717) is 0 Å². The number of anilines is 1. The number of carbonyl (C=O) groups excluding carboxylic acids is 1. The van der Waals surface area contributed by atoms with Gasteiger partial charge in [-0.1, -0.05) is 0 Å². The van der Waals surface area contributed by atoms with E-state index in [4.69, 9.17) is 4.74 Å². The molecule has 25 heavy (non-hydrogen) atoms. The fourth-order valence-electron chi connectivity index (χ4n) is 6.06. The molecule has 0 unspecified atom stereocenters. The Balaban J connectivity index is 1.48. The Labute approximate surface area is 148 Å². The van der Waals surface area contributed by atoms with E-state index in [-0.39, 0.29) is 11.3 Å². The van der Waals surface area contributed by atoms with Gasteiger partial charge in [-0.05, 0) is 80.5 Å². The molecule has 4 nitrogen and oxygen atoms in total. The maximum atomic E-state index is 13.3. The number of ether oxygens (including phenoxy) is 1. The first-order chi connectivity index (χ1) is 12.2. The van der Waals surface area contributed by atoms with Crippen LogP contribution in [0.3, 0.4) is 0 Å². The van der Waals surface area contributed by atoms with Crippen molar-refractivity contribution in [2.75, 3.05) is 12.4 Å². The van der Waals surface area contributed by atoms with Crippen LogP contribution in [-0.4, -0.2) is 18.0 Å². The van der Waals surface area contributed by atoms with E-state index in [0.717, 1.165) is 59.4 Å². The SMILES string of the molecule is COc1ccc(NC(=O)C23CC4CC(CC(C4)C2)C3)c2cccnc12. The number of rotatable bonds is 3. The Bertz CT molecular complexity index is 810. The lowest BCUT2D eigenvalue weighted by atomic mass is 9.49. The summed E-state index contributed by atoms with van der Waals surface area (Å²) in [4.78, 5) is 17.7. The van der Waals surface area contributed by atoms with Crippen molar-refractivity contribution in [3.63, 3.8) is 0 Å². The van der Waals surface area contributed by atoms with Gasteiger partial charge in [0.25, 0.3) is 0 Å². The highest BCUT2D eigenvalue weighted by Crippen LogP contribution is 2.60. The van der Waals surface area contributed by atoms with E-state index in [1.165, 1.54) is 19.3 Å². The second kappa shape index (κ2) is 5.45. The molecule has 0 atom stereocenters. The zero-order valence-corrected chi connectivity index (χ0v) is 14.6. The van der Waals surface area contributed by atoms with Crippen LogP contribution in [0.2, 0.25) is 0 Å². The number of methoxy groups -OCH3 is 1. The zero-order valence-electron chi connectivity index (χ0n) is 14.6. The van der Waals surface area contributed by atoms with E-state index < -0.39 is 0 Å². The molecule has 0 aliphatic heterocycles. The van der Waals surface area contributed by atoms with Crippen molar-refractivity contribution in [1.29, 1.82) is 0 Å². The minimum Gasteiger partial charge on any atom is -0.494 e. The topological polar surface area (TPSA) is 51.2 Å². The van der Waals surface area contributed by atoms with Gasteiger partial charge in [0.1, 0.15) is 11.3 Å². The summed E-state index contributed by atoms with van der Waals surface area (Å²) < 4.78 is 5.41. The number of nitrogens with zero attached hydrogens (tertiary/aromatic N) is 1. The Kier molecular flexibility index (Phi) is 3.31. The van der Waals surface area contributed by atoms with Gasteiger partial charge in [0.05, 0.1) is 18.2 Å². The third-order valence-corrected chi connectivity index (χ3v) is 6.72. The van der Waals surface area contributed by atoms with E-state index in [2.05, 4.69) is 10.3 Å². The summed E-state index contributed by atoms with van der Waals surface area (Å²) in [6.07, 6.45) is 9.05. The van der Waals surface area contributed by atoms with Crippen LogP contribution in [0.5, 0.6) is 5.75 Å². The summed E-state index contributed by atoms with van der Waals surface area (Å²) in [6, 6.07) is 7.74. The maximum Gasteiger partial charge on any atom is 0.230 e.